The maximum atomic E-state index is 12.7. The minimum absolute atomic E-state index is 0.131. The number of ether oxygens (including phenoxy) is 3. The second-order valence-electron chi connectivity index (χ2n) is 8.61. The van der Waals surface area contributed by atoms with Crippen molar-refractivity contribution in [2.24, 2.45) is 5.92 Å². The normalized spacial score (nSPS) is 38.2. The predicted octanol–water partition coefficient (Wildman–Crippen LogP) is 4.93. The summed E-state index contributed by atoms with van der Waals surface area (Å²) in [4.78, 5) is 12.7. The second kappa shape index (κ2) is 6.49. The van der Waals surface area contributed by atoms with Gasteiger partial charge >= 0.3 is 0 Å². The van der Waals surface area contributed by atoms with Crippen molar-refractivity contribution < 1.29 is 19.0 Å². The molecule has 2 saturated heterocycles. The average molecular weight is 358 g/mol. The molecular formula is C22H30O4. The Kier molecular flexibility index (Phi) is 4.24. The van der Waals surface area contributed by atoms with Crippen molar-refractivity contribution >= 4 is 5.78 Å². The highest BCUT2D eigenvalue weighted by atomic mass is 16.8. The first-order valence-corrected chi connectivity index (χ1v) is 10.7. The van der Waals surface area contributed by atoms with Gasteiger partial charge in [-0.2, -0.15) is 0 Å². The maximum Gasteiger partial charge on any atom is 0.195 e. The number of allylic oxidation sites excluding steroid dienone is 3. The van der Waals surface area contributed by atoms with Crippen molar-refractivity contribution in [3.05, 3.63) is 22.7 Å². The van der Waals surface area contributed by atoms with Crippen LogP contribution in [0.25, 0.3) is 0 Å². The van der Waals surface area contributed by atoms with Gasteiger partial charge in [-0.1, -0.05) is 32.6 Å². The van der Waals surface area contributed by atoms with Crippen LogP contribution in [0, 0.1) is 5.92 Å². The number of Topliss-reactive ketones (excluding diaryl/α,β-unsaturated/α-hetero) is 1. The van der Waals surface area contributed by atoms with E-state index in [-0.39, 0.29) is 18.1 Å². The fourth-order valence-corrected chi connectivity index (χ4v) is 5.75. The van der Waals surface area contributed by atoms with E-state index in [0.717, 1.165) is 62.0 Å². The van der Waals surface area contributed by atoms with Gasteiger partial charge in [-0.05, 0) is 25.7 Å². The zero-order valence-electron chi connectivity index (χ0n) is 15.9. The topological polar surface area (TPSA) is 44.8 Å². The molecule has 0 aromatic heterocycles. The Morgan fingerprint density at radius 1 is 1.04 bits per heavy atom. The standard InChI is InChI=1S/C22H30O4/c1-2-3-4-5-9-16-19-13-14-20-15(23)8-6-10-17(20)24-18-11-7-12-22(25-16,26-19)21(14)18/h14,16,19H,2-13H2,1H3/t14-,16-,19-,22+/m0/s1. The van der Waals surface area contributed by atoms with E-state index in [4.69, 9.17) is 14.2 Å². The Labute approximate surface area is 155 Å². The summed E-state index contributed by atoms with van der Waals surface area (Å²) in [5.41, 5.74) is 2.13. The fourth-order valence-electron chi connectivity index (χ4n) is 5.75. The number of carbonyl (C=O) groups is 1. The Balaban J connectivity index is 1.45. The summed E-state index contributed by atoms with van der Waals surface area (Å²) in [5, 5.41) is 0. The van der Waals surface area contributed by atoms with E-state index in [0.29, 0.717) is 12.2 Å². The van der Waals surface area contributed by atoms with Crippen LogP contribution < -0.4 is 0 Å². The van der Waals surface area contributed by atoms with E-state index in [1.807, 2.05) is 0 Å². The van der Waals surface area contributed by atoms with Gasteiger partial charge < -0.3 is 14.2 Å². The lowest BCUT2D eigenvalue weighted by Gasteiger charge is -2.46. The Morgan fingerprint density at radius 2 is 1.92 bits per heavy atom. The summed E-state index contributed by atoms with van der Waals surface area (Å²) in [6, 6.07) is 0. The van der Waals surface area contributed by atoms with Crippen LogP contribution in [0.15, 0.2) is 22.7 Å². The summed E-state index contributed by atoms with van der Waals surface area (Å²) < 4.78 is 19.4. The van der Waals surface area contributed by atoms with Gasteiger partial charge in [0, 0.05) is 42.7 Å². The Morgan fingerprint density at radius 3 is 2.81 bits per heavy atom. The Bertz CT molecular complexity index is 676. The highest BCUT2D eigenvalue weighted by Gasteiger charge is 2.60. The van der Waals surface area contributed by atoms with E-state index < -0.39 is 5.79 Å². The van der Waals surface area contributed by atoms with Gasteiger partial charge in [-0.25, -0.2) is 0 Å². The quantitative estimate of drug-likeness (QED) is 0.654. The van der Waals surface area contributed by atoms with Crippen LogP contribution in [0.4, 0.5) is 0 Å². The van der Waals surface area contributed by atoms with Gasteiger partial charge in [0.2, 0.25) is 0 Å². The summed E-state index contributed by atoms with van der Waals surface area (Å²) >= 11 is 0. The van der Waals surface area contributed by atoms with Crippen LogP contribution in [-0.2, 0) is 19.0 Å². The van der Waals surface area contributed by atoms with Crippen LogP contribution in [0.3, 0.4) is 0 Å². The summed E-state index contributed by atoms with van der Waals surface area (Å²) in [7, 11) is 0. The maximum absolute atomic E-state index is 12.7. The van der Waals surface area contributed by atoms with Crippen LogP contribution in [0.2, 0.25) is 0 Å². The van der Waals surface area contributed by atoms with E-state index >= 15 is 0 Å². The number of unbranched alkanes of at least 4 members (excludes halogenated alkanes) is 3. The molecule has 5 aliphatic rings. The van der Waals surface area contributed by atoms with E-state index in [2.05, 4.69) is 6.92 Å². The molecule has 5 rings (SSSR count). The number of hydrogen-bond acceptors (Lipinski definition) is 4. The van der Waals surface area contributed by atoms with E-state index in [9.17, 15) is 4.79 Å². The molecule has 2 fully saturated rings. The third-order valence-corrected chi connectivity index (χ3v) is 6.88. The molecule has 0 unspecified atom stereocenters. The van der Waals surface area contributed by atoms with Gasteiger partial charge in [0.25, 0.3) is 0 Å². The highest BCUT2D eigenvalue weighted by Crippen LogP contribution is 2.58. The van der Waals surface area contributed by atoms with E-state index in [1.54, 1.807) is 0 Å². The second-order valence-corrected chi connectivity index (χ2v) is 8.61. The summed E-state index contributed by atoms with van der Waals surface area (Å²) in [5.74, 6) is 1.89. The third kappa shape index (κ3) is 2.52. The molecule has 2 bridgehead atoms. The lowest BCUT2D eigenvalue weighted by molar-refractivity contribution is -0.177. The average Bonchev–Trinajstić information content (AvgIpc) is 2.90. The van der Waals surface area contributed by atoms with Crippen molar-refractivity contribution in [2.45, 2.75) is 102 Å². The van der Waals surface area contributed by atoms with Crippen molar-refractivity contribution in [2.75, 3.05) is 0 Å². The first-order valence-electron chi connectivity index (χ1n) is 10.7. The molecule has 26 heavy (non-hydrogen) atoms. The molecule has 0 saturated carbocycles. The molecule has 3 aliphatic heterocycles. The van der Waals surface area contributed by atoms with Crippen LogP contribution >= 0.6 is 0 Å². The molecule has 2 aliphatic carbocycles. The number of carbonyl (C=O) groups excluding carboxylic acids is 1. The largest absolute Gasteiger partial charge is 0.465 e. The molecule has 0 aromatic carbocycles. The molecule has 1 spiro atoms. The van der Waals surface area contributed by atoms with Crippen molar-refractivity contribution in [3.63, 3.8) is 0 Å². The molecule has 4 nitrogen and oxygen atoms in total. The molecular weight excluding hydrogens is 328 g/mol. The third-order valence-electron chi connectivity index (χ3n) is 6.88. The lowest BCUT2D eigenvalue weighted by atomic mass is 9.71. The monoisotopic (exact) mass is 358 g/mol. The van der Waals surface area contributed by atoms with Gasteiger partial charge in [0.15, 0.2) is 11.6 Å². The summed E-state index contributed by atoms with van der Waals surface area (Å²) in [6.07, 6.45) is 12.7. The summed E-state index contributed by atoms with van der Waals surface area (Å²) in [6.45, 7) is 2.24. The predicted molar refractivity (Wildman–Crippen MR) is 97.2 cm³/mol. The Hall–Kier alpha value is -1.13. The van der Waals surface area contributed by atoms with Gasteiger partial charge in [0.1, 0.15) is 11.5 Å². The van der Waals surface area contributed by atoms with Crippen molar-refractivity contribution in [1.29, 1.82) is 0 Å². The molecule has 4 atom stereocenters. The van der Waals surface area contributed by atoms with Crippen LogP contribution in [0.1, 0.15) is 84.0 Å². The molecule has 4 heteroatoms. The van der Waals surface area contributed by atoms with Crippen molar-refractivity contribution in [3.8, 4) is 0 Å². The smallest absolute Gasteiger partial charge is 0.195 e. The molecule has 0 amide bonds. The molecule has 0 radical (unpaired) electrons. The number of ketones is 1. The van der Waals surface area contributed by atoms with E-state index in [1.165, 1.54) is 31.3 Å². The highest BCUT2D eigenvalue weighted by molar-refractivity contribution is 5.98. The molecule has 142 valence electrons. The number of rotatable bonds is 5. The van der Waals surface area contributed by atoms with Gasteiger partial charge in [0.05, 0.1) is 12.2 Å². The minimum atomic E-state index is -0.604. The number of fused-ring (bicyclic) bond motifs is 2. The first-order chi connectivity index (χ1) is 12.7. The zero-order valence-corrected chi connectivity index (χ0v) is 15.9. The van der Waals surface area contributed by atoms with Gasteiger partial charge in [-0.3, -0.25) is 4.79 Å². The molecule has 0 N–H and O–H groups in total. The lowest BCUT2D eigenvalue weighted by Crippen LogP contribution is -2.47. The first kappa shape index (κ1) is 17.0. The van der Waals surface area contributed by atoms with Gasteiger partial charge in [-0.15, -0.1) is 0 Å². The SMILES string of the molecule is CCCCCC[C@@H]1O[C@@]23CCCC4=C2[C@@H](C[C@@H]1O3)C1=C(CCCC1=O)O4. The number of hydrogen-bond donors (Lipinski definition) is 0. The molecule has 3 heterocycles. The fraction of sp³-hybridized carbons (Fsp3) is 0.773. The minimum Gasteiger partial charge on any atom is -0.465 e. The van der Waals surface area contributed by atoms with Crippen LogP contribution in [0.5, 0.6) is 0 Å². The van der Waals surface area contributed by atoms with Crippen molar-refractivity contribution in [1.82, 2.24) is 0 Å². The zero-order chi connectivity index (χ0) is 17.7. The molecule has 0 aromatic rings. The van der Waals surface area contributed by atoms with Crippen LogP contribution in [-0.4, -0.2) is 23.8 Å².